The summed E-state index contributed by atoms with van der Waals surface area (Å²) < 4.78 is 5.87. The zero-order valence-corrected chi connectivity index (χ0v) is 13.4. The van der Waals surface area contributed by atoms with Gasteiger partial charge in [0.15, 0.2) is 0 Å². The molecule has 0 saturated heterocycles. The zero-order valence-electron chi connectivity index (χ0n) is 13.4. The van der Waals surface area contributed by atoms with Gasteiger partial charge in [-0.05, 0) is 42.6 Å². The number of carbonyl (C=O) groups is 1. The van der Waals surface area contributed by atoms with Crippen LogP contribution in [-0.2, 0) is 16.0 Å². The number of ether oxygens (including phenoxy) is 1. The molecule has 2 fully saturated rings. The van der Waals surface area contributed by atoms with Crippen LogP contribution in [0.15, 0.2) is 30.3 Å². The lowest BCUT2D eigenvalue weighted by Crippen LogP contribution is -2.38. The highest BCUT2D eigenvalue weighted by atomic mass is 16.5. The molecule has 0 aromatic heterocycles. The minimum Gasteiger partial charge on any atom is -0.462 e. The second-order valence-corrected chi connectivity index (χ2v) is 7.57. The van der Waals surface area contributed by atoms with Gasteiger partial charge < -0.3 is 4.74 Å². The first kappa shape index (κ1) is 14.6. The molecule has 3 rings (SSSR count). The Hall–Kier alpha value is -1.31. The van der Waals surface area contributed by atoms with Crippen LogP contribution in [0.25, 0.3) is 0 Å². The Bertz CT molecular complexity index is 520. The molecule has 2 bridgehead atoms. The number of hydrogen-bond acceptors (Lipinski definition) is 2. The highest BCUT2D eigenvalue weighted by Crippen LogP contribution is 2.66. The van der Waals surface area contributed by atoms with Crippen LogP contribution in [0, 0.1) is 16.7 Å². The van der Waals surface area contributed by atoms with Crippen LogP contribution in [0.5, 0.6) is 0 Å². The summed E-state index contributed by atoms with van der Waals surface area (Å²) in [6.07, 6.45) is 4.93. The fourth-order valence-corrected chi connectivity index (χ4v) is 4.42. The molecule has 0 unspecified atom stereocenters. The van der Waals surface area contributed by atoms with Gasteiger partial charge in [-0.25, -0.2) is 0 Å². The largest absolute Gasteiger partial charge is 0.462 e. The molecule has 2 nitrogen and oxygen atoms in total. The highest BCUT2D eigenvalue weighted by molar-refractivity contribution is 5.70. The number of hydrogen-bond donors (Lipinski definition) is 0. The summed E-state index contributed by atoms with van der Waals surface area (Å²) >= 11 is 0. The zero-order chi connectivity index (χ0) is 15.1. The first-order valence-electron chi connectivity index (χ1n) is 8.17. The third-order valence-electron chi connectivity index (χ3n) is 6.45. The molecular formula is C19H26O2. The summed E-state index contributed by atoms with van der Waals surface area (Å²) in [7, 11) is 0. The third-order valence-corrected chi connectivity index (χ3v) is 6.45. The third kappa shape index (κ3) is 2.39. The van der Waals surface area contributed by atoms with Gasteiger partial charge in [0.05, 0.1) is 0 Å². The molecule has 0 heterocycles. The van der Waals surface area contributed by atoms with Crippen LogP contribution in [0.3, 0.4) is 0 Å². The molecule has 2 saturated carbocycles. The van der Waals surface area contributed by atoms with Crippen molar-refractivity contribution >= 4 is 5.97 Å². The molecule has 21 heavy (non-hydrogen) atoms. The van der Waals surface area contributed by atoms with Crippen LogP contribution in [0.1, 0.15) is 52.0 Å². The van der Waals surface area contributed by atoms with Crippen LogP contribution >= 0.6 is 0 Å². The van der Waals surface area contributed by atoms with Crippen molar-refractivity contribution < 1.29 is 9.53 Å². The monoisotopic (exact) mass is 286 g/mol. The van der Waals surface area contributed by atoms with Gasteiger partial charge in [-0.15, -0.1) is 0 Å². The molecule has 3 atom stereocenters. The number of benzene rings is 1. The Morgan fingerprint density at radius 1 is 1.24 bits per heavy atom. The molecule has 0 amide bonds. The standard InChI is InChI=1S/C19H26O2/c1-18(2)15-11-12-19(18,3)16(13-15)21-17(20)10-9-14-7-5-4-6-8-14/h4-8,15-16H,9-13H2,1-3H3/t15-,16+,19+/m0/s1. The molecular weight excluding hydrogens is 260 g/mol. The Balaban J connectivity index is 1.57. The molecule has 0 aliphatic heterocycles. The summed E-state index contributed by atoms with van der Waals surface area (Å²) in [6, 6.07) is 10.2. The lowest BCUT2D eigenvalue weighted by atomic mass is 9.70. The van der Waals surface area contributed by atoms with Gasteiger partial charge in [0.25, 0.3) is 0 Å². The maximum atomic E-state index is 12.2. The van der Waals surface area contributed by atoms with Crippen molar-refractivity contribution in [1.82, 2.24) is 0 Å². The second kappa shape index (κ2) is 5.15. The second-order valence-electron chi connectivity index (χ2n) is 7.57. The molecule has 0 spiro atoms. The summed E-state index contributed by atoms with van der Waals surface area (Å²) in [5.74, 6) is 0.683. The van der Waals surface area contributed by atoms with Crippen molar-refractivity contribution in [2.75, 3.05) is 0 Å². The van der Waals surface area contributed by atoms with Crippen LogP contribution in [0.2, 0.25) is 0 Å². The molecule has 1 aromatic carbocycles. The molecule has 114 valence electrons. The van der Waals surface area contributed by atoms with E-state index in [0.717, 1.165) is 18.8 Å². The average Bonchev–Trinajstić information content (AvgIpc) is 2.79. The van der Waals surface area contributed by atoms with Crippen molar-refractivity contribution in [2.24, 2.45) is 16.7 Å². The summed E-state index contributed by atoms with van der Waals surface area (Å²) in [5.41, 5.74) is 1.67. The average molecular weight is 286 g/mol. The van der Waals surface area contributed by atoms with Crippen molar-refractivity contribution in [2.45, 2.75) is 59.0 Å². The van der Waals surface area contributed by atoms with E-state index in [9.17, 15) is 4.79 Å². The predicted molar refractivity (Wildman–Crippen MR) is 83.9 cm³/mol. The molecule has 2 aliphatic carbocycles. The highest BCUT2D eigenvalue weighted by Gasteiger charge is 2.62. The van der Waals surface area contributed by atoms with Crippen LogP contribution in [-0.4, -0.2) is 12.1 Å². The number of esters is 1. The van der Waals surface area contributed by atoms with E-state index in [4.69, 9.17) is 4.74 Å². The normalized spacial score (nSPS) is 33.1. The van der Waals surface area contributed by atoms with E-state index in [1.54, 1.807) is 0 Å². The van der Waals surface area contributed by atoms with Crippen molar-refractivity contribution in [3.05, 3.63) is 35.9 Å². The number of carbonyl (C=O) groups excluding carboxylic acids is 1. The van der Waals surface area contributed by atoms with E-state index in [1.165, 1.54) is 18.4 Å². The van der Waals surface area contributed by atoms with Crippen molar-refractivity contribution in [3.63, 3.8) is 0 Å². The van der Waals surface area contributed by atoms with Crippen molar-refractivity contribution in [3.8, 4) is 0 Å². The molecule has 0 N–H and O–H groups in total. The minimum atomic E-state index is -0.0339. The van der Waals surface area contributed by atoms with E-state index >= 15 is 0 Å². The Labute approximate surface area is 127 Å². The molecule has 2 aliphatic rings. The first-order chi connectivity index (χ1) is 9.93. The smallest absolute Gasteiger partial charge is 0.306 e. The summed E-state index contributed by atoms with van der Waals surface area (Å²) in [4.78, 5) is 12.2. The summed E-state index contributed by atoms with van der Waals surface area (Å²) in [6.45, 7) is 7.01. The lowest BCUT2D eigenvalue weighted by molar-refractivity contribution is -0.156. The van der Waals surface area contributed by atoms with Gasteiger partial charge in [0.2, 0.25) is 0 Å². The van der Waals surface area contributed by atoms with Crippen LogP contribution < -0.4 is 0 Å². The molecule has 0 radical (unpaired) electrons. The van der Waals surface area contributed by atoms with E-state index < -0.39 is 0 Å². The summed E-state index contributed by atoms with van der Waals surface area (Å²) in [5, 5.41) is 0. The Morgan fingerprint density at radius 2 is 1.95 bits per heavy atom. The quantitative estimate of drug-likeness (QED) is 0.768. The molecule has 2 heteroatoms. The SMILES string of the molecule is CC1(C)[C@H]2CC[C@]1(C)[C@H](OC(=O)CCc1ccccc1)C2. The maximum absolute atomic E-state index is 12.2. The van der Waals surface area contributed by atoms with E-state index in [2.05, 4.69) is 32.9 Å². The van der Waals surface area contributed by atoms with Gasteiger partial charge in [0.1, 0.15) is 6.10 Å². The minimum absolute atomic E-state index is 0.0339. The predicted octanol–water partition coefficient (Wildman–Crippen LogP) is 4.38. The van der Waals surface area contributed by atoms with Crippen molar-refractivity contribution in [1.29, 1.82) is 0 Å². The van der Waals surface area contributed by atoms with E-state index in [1.807, 2.05) is 18.2 Å². The number of fused-ring (bicyclic) bond motifs is 2. The maximum Gasteiger partial charge on any atom is 0.306 e. The number of aryl methyl sites for hydroxylation is 1. The fraction of sp³-hybridized carbons (Fsp3) is 0.632. The Kier molecular flexibility index (Phi) is 3.59. The lowest BCUT2D eigenvalue weighted by Gasteiger charge is -2.38. The molecule has 1 aromatic rings. The van der Waals surface area contributed by atoms with Gasteiger partial charge in [-0.1, -0.05) is 51.1 Å². The first-order valence-corrected chi connectivity index (χ1v) is 8.17. The van der Waals surface area contributed by atoms with Gasteiger partial charge >= 0.3 is 5.97 Å². The topological polar surface area (TPSA) is 26.3 Å². The van der Waals surface area contributed by atoms with E-state index in [0.29, 0.717) is 11.8 Å². The van der Waals surface area contributed by atoms with E-state index in [-0.39, 0.29) is 17.5 Å². The van der Waals surface area contributed by atoms with Gasteiger partial charge in [-0.3, -0.25) is 4.79 Å². The number of rotatable bonds is 4. The van der Waals surface area contributed by atoms with Gasteiger partial charge in [-0.2, -0.15) is 0 Å². The van der Waals surface area contributed by atoms with Crippen LogP contribution in [0.4, 0.5) is 0 Å². The van der Waals surface area contributed by atoms with Gasteiger partial charge in [0, 0.05) is 11.8 Å². The Morgan fingerprint density at radius 3 is 2.52 bits per heavy atom. The fourth-order valence-electron chi connectivity index (χ4n) is 4.42.